The van der Waals surface area contributed by atoms with E-state index in [4.69, 9.17) is 16.3 Å². The number of nitrogens with one attached hydrogen (secondary N) is 1. The largest absolute Gasteiger partial charge is 0.495 e. The van der Waals surface area contributed by atoms with Gasteiger partial charge in [-0.3, -0.25) is 4.79 Å². The zero-order valence-electron chi connectivity index (χ0n) is 13.9. The third-order valence-corrected chi connectivity index (χ3v) is 6.11. The van der Waals surface area contributed by atoms with Gasteiger partial charge in [-0.25, -0.2) is 8.42 Å². The number of hydrogen-bond donors (Lipinski definition) is 1. The van der Waals surface area contributed by atoms with Crippen LogP contribution in [0.1, 0.15) is 19.8 Å². The quantitative estimate of drug-likeness (QED) is 0.791. The maximum Gasteiger partial charge on any atom is 0.224 e. The molecule has 1 aromatic carbocycles. The van der Waals surface area contributed by atoms with E-state index in [-0.39, 0.29) is 29.9 Å². The Morgan fingerprint density at radius 1 is 1.46 bits per heavy atom. The van der Waals surface area contributed by atoms with Gasteiger partial charge in [0, 0.05) is 30.6 Å². The van der Waals surface area contributed by atoms with Crippen LogP contribution in [-0.2, 0) is 14.6 Å². The molecule has 134 valence electrons. The van der Waals surface area contributed by atoms with E-state index in [1.807, 2.05) is 6.92 Å². The van der Waals surface area contributed by atoms with E-state index in [0.29, 0.717) is 30.3 Å². The van der Waals surface area contributed by atoms with Crippen molar-refractivity contribution in [3.8, 4) is 5.75 Å². The van der Waals surface area contributed by atoms with Crippen molar-refractivity contribution in [1.29, 1.82) is 0 Å². The molecule has 1 amide bonds. The topological polar surface area (TPSA) is 75.7 Å². The summed E-state index contributed by atoms with van der Waals surface area (Å²) in [6.45, 7) is 2.81. The van der Waals surface area contributed by atoms with E-state index in [0.717, 1.165) is 5.69 Å². The highest BCUT2D eigenvalue weighted by molar-refractivity contribution is 7.91. The minimum atomic E-state index is -3.00. The van der Waals surface area contributed by atoms with Crippen molar-refractivity contribution < 1.29 is 17.9 Å². The predicted octanol–water partition coefficient (Wildman–Crippen LogP) is 2.19. The van der Waals surface area contributed by atoms with Crippen molar-refractivity contribution in [2.24, 2.45) is 0 Å². The summed E-state index contributed by atoms with van der Waals surface area (Å²) < 4.78 is 28.5. The second kappa shape index (κ2) is 8.07. The first kappa shape index (κ1) is 18.9. The molecule has 0 spiro atoms. The predicted molar refractivity (Wildman–Crippen MR) is 95.6 cm³/mol. The lowest BCUT2D eigenvalue weighted by Gasteiger charge is -2.27. The van der Waals surface area contributed by atoms with Crippen LogP contribution in [-0.4, -0.2) is 57.0 Å². The summed E-state index contributed by atoms with van der Waals surface area (Å²) in [5.74, 6) is 0.843. The van der Waals surface area contributed by atoms with Gasteiger partial charge >= 0.3 is 0 Å². The Balaban J connectivity index is 1.91. The van der Waals surface area contributed by atoms with Gasteiger partial charge in [0.25, 0.3) is 0 Å². The van der Waals surface area contributed by atoms with Crippen LogP contribution in [0, 0.1) is 0 Å². The first-order valence-corrected chi connectivity index (χ1v) is 10.1. The van der Waals surface area contributed by atoms with Crippen LogP contribution >= 0.6 is 11.6 Å². The van der Waals surface area contributed by atoms with Crippen LogP contribution in [0.2, 0.25) is 5.02 Å². The Morgan fingerprint density at radius 3 is 2.79 bits per heavy atom. The van der Waals surface area contributed by atoms with E-state index >= 15 is 0 Å². The summed E-state index contributed by atoms with van der Waals surface area (Å²) >= 11 is 5.97. The highest BCUT2D eigenvalue weighted by atomic mass is 35.5. The summed E-state index contributed by atoms with van der Waals surface area (Å²) in [5.41, 5.74) is 0.726. The minimum Gasteiger partial charge on any atom is -0.495 e. The van der Waals surface area contributed by atoms with Crippen molar-refractivity contribution >= 4 is 33.0 Å². The Morgan fingerprint density at radius 2 is 2.21 bits per heavy atom. The van der Waals surface area contributed by atoms with Crippen LogP contribution in [0.15, 0.2) is 18.2 Å². The van der Waals surface area contributed by atoms with Crippen LogP contribution in [0.25, 0.3) is 0 Å². The second-order valence-electron chi connectivity index (χ2n) is 5.76. The molecule has 0 saturated carbocycles. The molecule has 2 rings (SSSR count). The van der Waals surface area contributed by atoms with Gasteiger partial charge in [-0.15, -0.1) is 0 Å². The van der Waals surface area contributed by atoms with Gasteiger partial charge in [0.2, 0.25) is 5.91 Å². The molecule has 1 aromatic rings. The molecule has 1 saturated heterocycles. The van der Waals surface area contributed by atoms with E-state index in [1.165, 1.54) is 0 Å². The number of hydrogen-bond acceptors (Lipinski definition) is 5. The Labute approximate surface area is 148 Å². The number of nitrogens with zero attached hydrogens (tertiary/aromatic N) is 1. The molecule has 6 nitrogen and oxygen atoms in total. The highest BCUT2D eigenvalue weighted by Crippen LogP contribution is 2.27. The third kappa shape index (κ3) is 4.77. The fraction of sp³-hybridized carbons (Fsp3) is 0.562. The average molecular weight is 375 g/mol. The standard InChI is InChI=1S/C16H23ClN2O4S/c1-3-19(13-7-9-24(21,22)11-13)16(20)6-8-18-14-10-12(17)4-5-15(14)23-2/h4-5,10,13,18H,3,6-9,11H2,1-2H3. The van der Waals surface area contributed by atoms with Crippen molar-refractivity contribution in [3.05, 3.63) is 23.2 Å². The molecule has 8 heteroatoms. The van der Waals surface area contributed by atoms with Gasteiger partial charge in [-0.05, 0) is 31.5 Å². The number of carbonyl (C=O) groups is 1. The van der Waals surface area contributed by atoms with Gasteiger partial charge in [0.15, 0.2) is 9.84 Å². The molecule has 0 bridgehead atoms. The first-order valence-electron chi connectivity index (χ1n) is 7.93. The van der Waals surface area contributed by atoms with Crippen molar-refractivity contribution in [2.45, 2.75) is 25.8 Å². The third-order valence-electron chi connectivity index (χ3n) is 4.13. The van der Waals surface area contributed by atoms with Crippen molar-refractivity contribution in [2.75, 3.05) is 37.0 Å². The maximum atomic E-state index is 12.4. The lowest BCUT2D eigenvalue weighted by molar-refractivity contribution is -0.132. The lowest BCUT2D eigenvalue weighted by atomic mass is 10.2. The number of benzene rings is 1. The number of methoxy groups -OCH3 is 1. The molecule has 1 aliphatic rings. The van der Waals surface area contributed by atoms with E-state index < -0.39 is 9.84 Å². The average Bonchev–Trinajstić information content (AvgIpc) is 2.88. The zero-order chi connectivity index (χ0) is 17.7. The van der Waals surface area contributed by atoms with Gasteiger partial charge in [-0.1, -0.05) is 11.6 Å². The van der Waals surface area contributed by atoms with Crippen LogP contribution in [0.4, 0.5) is 5.69 Å². The molecule has 24 heavy (non-hydrogen) atoms. The van der Waals surface area contributed by atoms with Crippen LogP contribution in [0.3, 0.4) is 0 Å². The van der Waals surface area contributed by atoms with Gasteiger partial charge < -0.3 is 15.0 Å². The number of carbonyl (C=O) groups excluding carboxylic acids is 1. The number of anilines is 1. The number of rotatable bonds is 7. The normalized spacial score (nSPS) is 19.0. The Hall–Kier alpha value is -1.47. The number of ether oxygens (including phenoxy) is 1. The highest BCUT2D eigenvalue weighted by Gasteiger charge is 2.33. The summed E-state index contributed by atoms with van der Waals surface area (Å²) in [4.78, 5) is 14.1. The Bertz CT molecular complexity index is 693. The van der Waals surface area contributed by atoms with Gasteiger partial charge in [0.1, 0.15) is 5.75 Å². The first-order chi connectivity index (χ1) is 11.4. The number of sulfone groups is 1. The molecular weight excluding hydrogens is 352 g/mol. The molecule has 1 atom stereocenters. The maximum absolute atomic E-state index is 12.4. The molecule has 1 N–H and O–H groups in total. The van der Waals surface area contributed by atoms with Crippen LogP contribution < -0.4 is 10.1 Å². The monoisotopic (exact) mass is 374 g/mol. The molecule has 0 radical (unpaired) electrons. The molecule has 1 fully saturated rings. The summed E-state index contributed by atoms with van der Waals surface area (Å²) in [7, 11) is -1.43. The molecule has 0 aliphatic carbocycles. The smallest absolute Gasteiger partial charge is 0.224 e. The Kier molecular flexibility index (Phi) is 6.34. The molecule has 1 aliphatic heterocycles. The van der Waals surface area contributed by atoms with Crippen LogP contribution in [0.5, 0.6) is 5.75 Å². The van der Waals surface area contributed by atoms with E-state index in [2.05, 4.69) is 5.32 Å². The van der Waals surface area contributed by atoms with E-state index in [1.54, 1.807) is 30.2 Å². The molecular formula is C16H23ClN2O4S. The molecule has 0 aromatic heterocycles. The van der Waals surface area contributed by atoms with Crippen molar-refractivity contribution in [1.82, 2.24) is 4.90 Å². The van der Waals surface area contributed by atoms with Gasteiger partial charge in [-0.2, -0.15) is 0 Å². The SMILES string of the molecule is CCN(C(=O)CCNc1cc(Cl)ccc1OC)C1CCS(=O)(=O)C1. The van der Waals surface area contributed by atoms with Gasteiger partial charge in [0.05, 0.1) is 24.3 Å². The zero-order valence-corrected chi connectivity index (χ0v) is 15.5. The fourth-order valence-electron chi connectivity index (χ4n) is 2.93. The summed E-state index contributed by atoms with van der Waals surface area (Å²) in [6.07, 6.45) is 0.803. The molecule has 1 unspecified atom stereocenters. The lowest BCUT2D eigenvalue weighted by Crippen LogP contribution is -2.41. The summed E-state index contributed by atoms with van der Waals surface area (Å²) in [6, 6.07) is 5.03. The summed E-state index contributed by atoms with van der Waals surface area (Å²) in [5, 5.41) is 3.73. The fourth-order valence-corrected chi connectivity index (χ4v) is 4.83. The molecule has 1 heterocycles. The number of halogens is 1. The second-order valence-corrected chi connectivity index (χ2v) is 8.42. The minimum absolute atomic E-state index is 0.0481. The van der Waals surface area contributed by atoms with Crippen molar-refractivity contribution in [3.63, 3.8) is 0 Å². The number of amides is 1. The van der Waals surface area contributed by atoms with E-state index in [9.17, 15) is 13.2 Å².